The third-order valence-corrected chi connectivity index (χ3v) is 9.97. The number of aliphatic hydroxyl groups is 1. The largest absolute Gasteiger partial charge is 0.379 e. The fourth-order valence-electron chi connectivity index (χ4n) is 7.40. The number of halogens is 2. The molecule has 2 amide bonds. The van der Waals surface area contributed by atoms with Gasteiger partial charge in [0.15, 0.2) is 0 Å². The highest BCUT2D eigenvalue weighted by atomic mass is 19.1. The van der Waals surface area contributed by atoms with Crippen LogP contribution in [-0.2, 0) is 11.3 Å². The van der Waals surface area contributed by atoms with Gasteiger partial charge in [0.1, 0.15) is 28.8 Å². The molecule has 2 N–H and O–H groups in total. The van der Waals surface area contributed by atoms with Gasteiger partial charge in [-0.15, -0.1) is 0 Å². The number of benzene rings is 2. The van der Waals surface area contributed by atoms with Gasteiger partial charge in [-0.1, -0.05) is 30.3 Å². The highest BCUT2D eigenvalue weighted by Crippen LogP contribution is 2.39. The zero-order valence-electron chi connectivity index (χ0n) is 27.8. The Bertz CT molecular complexity index is 2090. The number of pyridine rings is 2. The quantitative estimate of drug-likeness (QED) is 0.242. The van der Waals surface area contributed by atoms with E-state index in [0.29, 0.717) is 37.0 Å². The molecule has 0 radical (unpaired) electrons. The monoisotopic (exact) mass is 693 g/mol. The van der Waals surface area contributed by atoms with E-state index >= 15 is 0 Å². The Morgan fingerprint density at radius 2 is 1.69 bits per heavy atom. The van der Waals surface area contributed by atoms with Crippen molar-refractivity contribution in [3.63, 3.8) is 0 Å². The van der Waals surface area contributed by atoms with Crippen molar-refractivity contribution in [1.29, 1.82) is 0 Å². The summed E-state index contributed by atoms with van der Waals surface area (Å²) in [6, 6.07) is 19.4. The van der Waals surface area contributed by atoms with E-state index in [1.165, 1.54) is 45.5 Å². The molecule has 2 fully saturated rings. The number of nitrogens with one attached hydrogen (secondary N) is 1. The van der Waals surface area contributed by atoms with Crippen LogP contribution in [-0.4, -0.2) is 85.8 Å². The summed E-state index contributed by atoms with van der Waals surface area (Å²) in [7, 11) is 0. The number of morpholine rings is 1. The van der Waals surface area contributed by atoms with Crippen LogP contribution in [0.1, 0.15) is 52.1 Å². The molecule has 3 aromatic heterocycles. The Kier molecular flexibility index (Phi) is 8.92. The molecule has 1 saturated heterocycles. The van der Waals surface area contributed by atoms with Crippen LogP contribution in [0.25, 0.3) is 16.8 Å². The highest BCUT2D eigenvalue weighted by molar-refractivity contribution is 6.02. The summed E-state index contributed by atoms with van der Waals surface area (Å²) in [5.74, 6) is -1.78. The van der Waals surface area contributed by atoms with Gasteiger partial charge < -0.3 is 19.6 Å². The van der Waals surface area contributed by atoms with E-state index in [-0.39, 0.29) is 35.1 Å². The molecule has 1 aliphatic carbocycles. The summed E-state index contributed by atoms with van der Waals surface area (Å²) in [6.07, 6.45) is 4.46. The summed E-state index contributed by atoms with van der Waals surface area (Å²) in [6.45, 7) is 4.04. The molecule has 3 aliphatic rings. The van der Waals surface area contributed by atoms with E-state index in [9.17, 15) is 23.5 Å². The van der Waals surface area contributed by atoms with Gasteiger partial charge in [0.25, 0.3) is 11.8 Å². The van der Waals surface area contributed by atoms with E-state index in [2.05, 4.69) is 32.3 Å². The molecular weight excluding hydrogens is 656 g/mol. The average molecular weight is 694 g/mol. The van der Waals surface area contributed by atoms with Crippen LogP contribution >= 0.6 is 0 Å². The molecular formula is C38H37F2N7O4. The SMILES string of the molecule is O=C(NC1CCC(N2C(=O)c3cc(F)cnc3N(c3cccc(-c4cccc(CN5CCOCC5)c4)c3)C2O)CC1)c1cn2cc(F)ccc2n1. The molecule has 262 valence electrons. The number of anilines is 2. The van der Waals surface area contributed by atoms with Crippen molar-refractivity contribution in [2.24, 2.45) is 0 Å². The fourth-order valence-corrected chi connectivity index (χ4v) is 7.40. The van der Waals surface area contributed by atoms with E-state index in [0.717, 1.165) is 50.2 Å². The van der Waals surface area contributed by atoms with Crippen LogP contribution < -0.4 is 10.2 Å². The number of carbonyl (C=O) groups is 2. The molecule has 51 heavy (non-hydrogen) atoms. The Morgan fingerprint density at radius 3 is 2.49 bits per heavy atom. The molecule has 5 heterocycles. The van der Waals surface area contributed by atoms with Crippen LogP contribution in [0.5, 0.6) is 0 Å². The minimum Gasteiger partial charge on any atom is -0.379 e. The maximum Gasteiger partial charge on any atom is 0.271 e. The first-order valence-electron chi connectivity index (χ1n) is 17.2. The number of hydrogen-bond acceptors (Lipinski definition) is 8. The molecule has 2 aliphatic heterocycles. The van der Waals surface area contributed by atoms with E-state index in [1.807, 2.05) is 36.4 Å². The van der Waals surface area contributed by atoms with Gasteiger partial charge in [-0.25, -0.2) is 18.7 Å². The van der Waals surface area contributed by atoms with Crippen molar-refractivity contribution >= 4 is 29.0 Å². The van der Waals surface area contributed by atoms with E-state index in [1.54, 1.807) is 4.90 Å². The number of amides is 2. The average Bonchev–Trinajstić information content (AvgIpc) is 3.57. The summed E-state index contributed by atoms with van der Waals surface area (Å²) in [5.41, 5.74) is 4.41. The van der Waals surface area contributed by atoms with Gasteiger partial charge in [-0.2, -0.15) is 0 Å². The van der Waals surface area contributed by atoms with Crippen molar-refractivity contribution < 1.29 is 28.2 Å². The van der Waals surface area contributed by atoms with Gasteiger partial charge in [-0.3, -0.25) is 24.3 Å². The topological polar surface area (TPSA) is 116 Å². The smallest absolute Gasteiger partial charge is 0.271 e. The van der Waals surface area contributed by atoms with Crippen molar-refractivity contribution in [2.75, 3.05) is 31.2 Å². The lowest BCUT2D eigenvalue weighted by Gasteiger charge is -2.46. The molecule has 11 nitrogen and oxygen atoms in total. The summed E-state index contributed by atoms with van der Waals surface area (Å²) in [4.78, 5) is 40.9. The molecule has 1 unspecified atom stereocenters. The Morgan fingerprint density at radius 1 is 0.922 bits per heavy atom. The van der Waals surface area contributed by atoms with Gasteiger partial charge in [0.2, 0.25) is 6.35 Å². The molecule has 8 rings (SSSR count). The molecule has 1 saturated carbocycles. The lowest BCUT2D eigenvalue weighted by molar-refractivity contribution is -0.0217. The normalized spacial score (nSPS) is 21.2. The summed E-state index contributed by atoms with van der Waals surface area (Å²) >= 11 is 0. The maximum absolute atomic E-state index is 14.6. The zero-order chi connectivity index (χ0) is 35.1. The van der Waals surface area contributed by atoms with Gasteiger partial charge in [-0.05, 0) is 78.8 Å². The first-order valence-corrected chi connectivity index (χ1v) is 17.2. The van der Waals surface area contributed by atoms with Crippen LogP contribution in [0.4, 0.5) is 20.3 Å². The van der Waals surface area contributed by atoms with E-state index < -0.39 is 23.9 Å². The lowest BCUT2D eigenvalue weighted by atomic mass is 9.89. The van der Waals surface area contributed by atoms with Gasteiger partial charge in [0.05, 0.1) is 25.0 Å². The summed E-state index contributed by atoms with van der Waals surface area (Å²) in [5, 5.41) is 14.9. The lowest BCUT2D eigenvalue weighted by Crippen LogP contribution is -2.59. The van der Waals surface area contributed by atoms with Crippen molar-refractivity contribution in [1.82, 2.24) is 29.5 Å². The number of aromatic nitrogens is 3. The first kappa shape index (κ1) is 32.9. The van der Waals surface area contributed by atoms with Crippen LogP contribution in [0.2, 0.25) is 0 Å². The number of fused-ring (bicyclic) bond motifs is 2. The van der Waals surface area contributed by atoms with Crippen LogP contribution in [0.3, 0.4) is 0 Å². The Labute approximate surface area is 293 Å². The predicted octanol–water partition coefficient (Wildman–Crippen LogP) is 5.12. The van der Waals surface area contributed by atoms with Crippen molar-refractivity contribution in [3.8, 4) is 11.1 Å². The number of ether oxygens (including phenoxy) is 1. The van der Waals surface area contributed by atoms with E-state index in [4.69, 9.17) is 4.74 Å². The molecule has 1 atom stereocenters. The number of imidazole rings is 1. The Hall–Kier alpha value is -5.24. The van der Waals surface area contributed by atoms with Crippen LogP contribution in [0, 0.1) is 11.6 Å². The molecule has 13 heteroatoms. The zero-order valence-corrected chi connectivity index (χ0v) is 27.8. The first-order chi connectivity index (χ1) is 24.8. The van der Waals surface area contributed by atoms with Crippen LogP contribution in [0.15, 0.2) is 85.3 Å². The molecule has 2 aromatic carbocycles. The highest BCUT2D eigenvalue weighted by Gasteiger charge is 2.43. The van der Waals surface area contributed by atoms with Gasteiger partial charge >= 0.3 is 0 Å². The Balaban J connectivity index is 1.01. The number of rotatable bonds is 7. The molecule has 0 bridgehead atoms. The number of aliphatic hydroxyl groups excluding tert-OH is 1. The number of carbonyl (C=O) groups excluding carboxylic acids is 2. The maximum atomic E-state index is 14.6. The fraction of sp³-hybridized carbons (Fsp3) is 0.316. The van der Waals surface area contributed by atoms with Gasteiger partial charge in [0, 0.05) is 49.8 Å². The second-order valence-electron chi connectivity index (χ2n) is 13.3. The molecule has 0 spiro atoms. The van der Waals surface area contributed by atoms with Crippen molar-refractivity contribution in [3.05, 3.63) is 114 Å². The second kappa shape index (κ2) is 13.8. The third-order valence-electron chi connectivity index (χ3n) is 9.97. The summed E-state index contributed by atoms with van der Waals surface area (Å²) < 4.78 is 35.2. The standard InChI is InChI=1S/C38H37F2N7O4/c39-27-7-12-34-43-33(23-45(34)22-27)36(48)42-29-8-10-30(11-9-29)47-37(49)32-19-28(40)20-41-35(32)46(38(47)50)31-6-2-5-26(18-31)25-4-1-3-24(17-25)21-44-13-15-51-16-14-44/h1-7,12,17-20,22-23,29-30,38,50H,8-11,13-16,21H2,(H,42,48). The molecule has 5 aromatic rings. The minimum absolute atomic E-state index is 0.0666. The number of hydrogen-bond donors (Lipinski definition) is 2. The second-order valence-corrected chi connectivity index (χ2v) is 13.3. The predicted molar refractivity (Wildman–Crippen MR) is 185 cm³/mol. The third kappa shape index (κ3) is 6.67. The van der Waals surface area contributed by atoms with Crippen molar-refractivity contribution in [2.45, 2.75) is 50.7 Å². The minimum atomic E-state index is -1.40. The number of nitrogens with zero attached hydrogens (tertiary/aromatic N) is 6.